The third-order valence-corrected chi connectivity index (χ3v) is 2.90. The van der Waals surface area contributed by atoms with Crippen molar-refractivity contribution in [3.8, 4) is 0 Å². The zero-order chi connectivity index (χ0) is 10.8. The maximum Gasteiger partial charge on any atom is 0.249 e. The molecule has 0 aromatic carbocycles. The number of hydrogen-bond donors (Lipinski definition) is 1. The standard InChI is InChI=1S/C10H11ClN2O2/c11-5-7-4-10(15)13(6-7)8-2-1-3-9(14)12-8/h1-3,7H,4-6H2,(H,12,14). The summed E-state index contributed by atoms with van der Waals surface area (Å²) in [6, 6.07) is 4.77. The fourth-order valence-corrected chi connectivity index (χ4v) is 1.92. The first-order chi connectivity index (χ1) is 7.20. The quantitative estimate of drug-likeness (QED) is 0.764. The Balaban J connectivity index is 2.25. The summed E-state index contributed by atoms with van der Waals surface area (Å²) in [7, 11) is 0. The molecule has 1 fully saturated rings. The van der Waals surface area contributed by atoms with Crippen LogP contribution in [0.5, 0.6) is 0 Å². The lowest BCUT2D eigenvalue weighted by Gasteiger charge is -2.15. The van der Waals surface area contributed by atoms with E-state index in [1.54, 1.807) is 17.0 Å². The average Bonchev–Trinajstić information content (AvgIpc) is 2.60. The second kappa shape index (κ2) is 4.06. The fourth-order valence-electron chi connectivity index (χ4n) is 1.71. The van der Waals surface area contributed by atoms with Crippen molar-refractivity contribution in [1.29, 1.82) is 0 Å². The predicted molar refractivity (Wildman–Crippen MR) is 58.2 cm³/mol. The van der Waals surface area contributed by atoms with Crippen LogP contribution in [0.3, 0.4) is 0 Å². The summed E-state index contributed by atoms with van der Waals surface area (Å²) in [4.78, 5) is 26.9. The molecule has 0 aliphatic carbocycles. The van der Waals surface area contributed by atoms with Crippen LogP contribution < -0.4 is 10.5 Å². The van der Waals surface area contributed by atoms with Crippen LogP contribution in [0, 0.1) is 5.92 Å². The van der Waals surface area contributed by atoms with Crippen LogP contribution in [-0.4, -0.2) is 23.3 Å². The smallest absolute Gasteiger partial charge is 0.249 e. The predicted octanol–water partition coefficient (Wildman–Crippen LogP) is 0.967. The molecule has 2 heterocycles. The average molecular weight is 227 g/mol. The number of amides is 1. The lowest BCUT2D eigenvalue weighted by molar-refractivity contribution is -0.117. The first kappa shape index (κ1) is 10.2. The van der Waals surface area contributed by atoms with Gasteiger partial charge in [0.05, 0.1) is 0 Å². The molecular formula is C10H11ClN2O2. The van der Waals surface area contributed by atoms with Gasteiger partial charge >= 0.3 is 0 Å². The third-order valence-electron chi connectivity index (χ3n) is 2.47. The number of rotatable bonds is 2. The van der Waals surface area contributed by atoms with Crippen molar-refractivity contribution in [2.24, 2.45) is 5.92 Å². The highest BCUT2D eigenvalue weighted by molar-refractivity contribution is 6.18. The van der Waals surface area contributed by atoms with E-state index >= 15 is 0 Å². The van der Waals surface area contributed by atoms with Crippen molar-refractivity contribution in [1.82, 2.24) is 4.98 Å². The summed E-state index contributed by atoms with van der Waals surface area (Å²) in [5.74, 6) is 1.23. The highest BCUT2D eigenvalue weighted by Gasteiger charge is 2.30. The van der Waals surface area contributed by atoms with Crippen molar-refractivity contribution in [2.75, 3.05) is 17.3 Å². The number of H-pyrrole nitrogens is 1. The van der Waals surface area contributed by atoms with Gasteiger partial charge < -0.3 is 4.98 Å². The van der Waals surface area contributed by atoms with Crippen LogP contribution in [0.15, 0.2) is 23.0 Å². The third kappa shape index (κ3) is 2.04. The zero-order valence-corrected chi connectivity index (χ0v) is 8.83. The molecule has 0 spiro atoms. The van der Waals surface area contributed by atoms with Gasteiger partial charge in [-0.15, -0.1) is 11.6 Å². The molecule has 80 valence electrons. The number of nitrogens with one attached hydrogen (secondary N) is 1. The van der Waals surface area contributed by atoms with Crippen LogP contribution in [-0.2, 0) is 4.79 Å². The van der Waals surface area contributed by atoms with Gasteiger partial charge in [-0.3, -0.25) is 14.5 Å². The fraction of sp³-hybridized carbons (Fsp3) is 0.400. The monoisotopic (exact) mass is 226 g/mol. The molecule has 2 rings (SSSR count). The van der Waals surface area contributed by atoms with Gasteiger partial charge in [0, 0.05) is 24.9 Å². The van der Waals surface area contributed by atoms with E-state index in [0.29, 0.717) is 24.7 Å². The number of aromatic amines is 1. The maximum atomic E-state index is 11.6. The molecule has 1 aromatic rings. The zero-order valence-electron chi connectivity index (χ0n) is 8.07. The van der Waals surface area contributed by atoms with E-state index in [0.717, 1.165) is 0 Å². The Hall–Kier alpha value is -1.29. The number of halogens is 1. The van der Waals surface area contributed by atoms with Crippen molar-refractivity contribution in [3.63, 3.8) is 0 Å². The normalized spacial score (nSPS) is 21.0. The Kier molecular flexibility index (Phi) is 2.77. The minimum atomic E-state index is -0.199. The molecule has 1 atom stereocenters. The molecule has 0 saturated carbocycles. The summed E-state index contributed by atoms with van der Waals surface area (Å²) in [6.45, 7) is 0.586. The lowest BCUT2D eigenvalue weighted by Crippen LogP contribution is -2.27. The van der Waals surface area contributed by atoms with Crippen LogP contribution in [0.2, 0.25) is 0 Å². The van der Waals surface area contributed by atoms with Crippen LogP contribution >= 0.6 is 11.6 Å². The number of hydrogen-bond acceptors (Lipinski definition) is 2. The van der Waals surface area contributed by atoms with Gasteiger partial charge in [-0.1, -0.05) is 6.07 Å². The van der Waals surface area contributed by atoms with Gasteiger partial charge in [0.2, 0.25) is 11.5 Å². The Labute approximate surface area is 91.9 Å². The molecule has 1 amide bonds. The Morgan fingerprint density at radius 1 is 1.47 bits per heavy atom. The molecule has 4 nitrogen and oxygen atoms in total. The number of alkyl halides is 1. The first-order valence-corrected chi connectivity index (χ1v) is 5.30. The highest BCUT2D eigenvalue weighted by atomic mass is 35.5. The van der Waals surface area contributed by atoms with Gasteiger partial charge in [0.1, 0.15) is 5.82 Å². The van der Waals surface area contributed by atoms with Gasteiger partial charge in [0.25, 0.3) is 0 Å². The minimum absolute atomic E-state index is 0.0162. The molecule has 15 heavy (non-hydrogen) atoms. The number of anilines is 1. The Morgan fingerprint density at radius 2 is 2.27 bits per heavy atom. The van der Waals surface area contributed by atoms with Gasteiger partial charge in [-0.05, 0) is 12.0 Å². The second-order valence-corrected chi connectivity index (χ2v) is 3.94. The second-order valence-electron chi connectivity index (χ2n) is 3.63. The summed E-state index contributed by atoms with van der Waals surface area (Å²) in [5.41, 5.74) is -0.199. The van der Waals surface area contributed by atoms with E-state index < -0.39 is 0 Å². The van der Waals surface area contributed by atoms with E-state index in [1.807, 2.05) is 0 Å². The summed E-state index contributed by atoms with van der Waals surface area (Å²) < 4.78 is 0. The molecule has 0 radical (unpaired) electrons. The van der Waals surface area contributed by atoms with Crippen molar-refractivity contribution >= 4 is 23.3 Å². The number of nitrogens with zero attached hydrogens (tertiary/aromatic N) is 1. The number of aromatic nitrogens is 1. The molecular weight excluding hydrogens is 216 g/mol. The van der Waals surface area contributed by atoms with E-state index in [2.05, 4.69) is 4.98 Å². The summed E-state index contributed by atoms with van der Waals surface area (Å²) >= 11 is 5.71. The largest absolute Gasteiger partial charge is 0.308 e. The summed E-state index contributed by atoms with van der Waals surface area (Å²) in [6.07, 6.45) is 0.459. The molecule has 1 unspecified atom stereocenters. The number of carbonyl (C=O) groups excluding carboxylic acids is 1. The van der Waals surface area contributed by atoms with Crippen LogP contribution in [0.25, 0.3) is 0 Å². The van der Waals surface area contributed by atoms with Gasteiger partial charge in [0.15, 0.2) is 0 Å². The highest BCUT2D eigenvalue weighted by Crippen LogP contribution is 2.23. The van der Waals surface area contributed by atoms with Crippen molar-refractivity contribution in [3.05, 3.63) is 28.6 Å². The van der Waals surface area contributed by atoms with Crippen molar-refractivity contribution in [2.45, 2.75) is 6.42 Å². The molecule has 1 aliphatic rings. The molecule has 1 N–H and O–H groups in total. The van der Waals surface area contributed by atoms with Crippen LogP contribution in [0.1, 0.15) is 6.42 Å². The van der Waals surface area contributed by atoms with E-state index in [-0.39, 0.29) is 17.4 Å². The lowest BCUT2D eigenvalue weighted by atomic mass is 10.1. The number of pyridine rings is 1. The van der Waals surface area contributed by atoms with E-state index in [9.17, 15) is 9.59 Å². The Morgan fingerprint density at radius 3 is 2.87 bits per heavy atom. The van der Waals surface area contributed by atoms with Crippen LogP contribution in [0.4, 0.5) is 5.82 Å². The van der Waals surface area contributed by atoms with Gasteiger partial charge in [-0.2, -0.15) is 0 Å². The molecule has 1 saturated heterocycles. The Bertz CT molecular complexity index is 429. The SMILES string of the molecule is O=C1CC(CCl)CN1c1cccc(=O)[nH]1. The molecule has 5 heteroatoms. The first-order valence-electron chi connectivity index (χ1n) is 4.76. The van der Waals surface area contributed by atoms with Crippen molar-refractivity contribution < 1.29 is 4.79 Å². The molecule has 0 bridgehead atoms. The summed E-state index contributed by atoms with van der Waals surface area (Å²) in [5, 5.41) is 0. The van der Waals surface area contributed by atoms with E-state index in [1.165, 1.54) is 6.07 Å². The number of carbonyl (C=O) groups is 1. The van der Waals surface area contributed by atoms with Gasteiger partial charge in [-0.25, -0.2) is 0 Å². The topological polar surface area (TPSA) is 53.2 Å². The van der Waals surface area contributed by atoms with E-state index in [4.69, 9.17) is 11.6 Å². The maximum absolute atomic E-state index is 11.6. The minimum Gasteiger partial charge on any atom is -0.308 e. The molecule has 1 aliphatic heterocycles. The molecule has 1 aromatic heterocycles.